The smallest absolute Gasteiger partial charge is 0.0960 e. The number of halogens is 1. The van der Waals surface area contributed by atoms with E-state index in [4.69, 9.17) is 0 Å². The Kier molecular flexibility index (Phi) is 4.20. The molecule has 1 aromatic carbocycles. The van der Waals surface area contributed by atoms with E-state index in [1.54, 1.807) is 11.3 Å². The van der Waals surface area contributed by atoms with E-state index in [9.17, 15) is 5.11 Å². The van der Waals surface area contributed by atoms with Gasteiger partial charge in [0.25, 0.3) is 0 Å². The average molecular weight is 326 g/mol. The molecule has 0 saturated heterocycles. The van der Waals surface area contributed by atoms with E-state index in [1.165, 1.54) is 10.4 Å². The molecule has 1 unspecified atom stereocenters. The van der Waals surface area contributed by atoms with Crippen LogP contribution in [0.1, 0.15) is 32.8 Å². The molecule has 4 heteroatoms. The van der Waals surface area contributed by atoms with Crippen molar-refractivity contribution in [3.63, 3.8) is 0 Å². The summed E-state index contributed by atoms with van der Waals surface area (Å²) < 4.78 is 0.958. The van der Waals surface area contributed by atoms with Crippen LogP contribution in [0, 0.1) is 20.8 Å². The number of hydrogen-bond donors (Lipinski definition) is 1. The molecule has 1 heterocycles. The number of thiazole rings is 1. The maximum absolute atomic E-state index is 10.3. The molecular weight excluding hydrogens is 310 g/mol. The largest absolute Gasteiger partial charge is 0.388 e. The zero-order valence-corrected chi connectivity index (χ0v) is 13.1. The van der Waals surface area contributed by atoms with Crippen molar-refractivity contribution in [2.75, 3.05) is 0 Å². The maximum Gasteiger partial charge on any atom is 0.0960 e. The van der Waals surface area contributed by atoms with Crippen LogP contribution in [-0.2, 0) is 6.42 Å². The summed E-state index contributed by atoms with van der Waals surface area (Å²) in [5, 5.41) is 11.3. The molecule has 1 atom stereocenters. The normalized spacial score (nSPS) is 12.7. The highest BCUT2D eigenvalue weighted by molar-refractivity contribution is 9.10. The summed E-state index contributed by atoms with van der Waals surface area (Å²) in [4.78, 5) is 5.69. The highest BCUT2D eigenvalue weighted by Crippen LogP contribution is 2.28. The van der Waals surface area contributed by atoms with Crippen molar-refractivity contribution in [2.24, 2.45) is 0 Å². The fourth-order valence-electron chi connectivity index (χ4n) is 1.80. The molecule has 18 heavy (non-hydrogen) atoms. The van der Waals surface area contributed by atoms with Crippen LogP contribution >= 0.6 is 27.3 Å². The molecule has 0 saturated carbocycles. The monoisotopic (exact) mass is 325 g/mol. The molecule has 0 amide bonds. The number of aliphatic hydroxyl groups is 1. The van der Waals surface area contributed by atoms with Crippen LogP contribution in [0.4, 0.5) is 0 Å². The van der Waals surface area contributed by atoms with Gasteiger partial charge in [0.15, 0.2) is 0 Å². The number of aromatic nitrogens is 1. The van der Waals surface area contributed by atoms with E-state index in [2.05, 4.69) is 27.8 Å². The quantitative estimate of drug-likeness (QED) is 0.921. The van der Waals surface area contributed by atoms with Gasteiger partial charge in [0.05, 0.1) is 16.8 Å². The molecule has 0 bridgehead atoms. The first-order valence-electron chi connectivity index (χ1n) is 5.84. The molecule has 0 aliphatic rings. The van der Waals surface area contributed by atoms with Crippen molar-refractivity contribution in [3.05, 3.63) is 49.4 Å². The second-order valence-electron chi connectivity index (χ2n) is 4.49. The molecule has 2 nitrogen and oxygen atoms in total. The van der Waals surface area contributed by atoms with Gasteiger partial charge in [-0.1, -0.05) is 28.1 Å². The third kappa shape index (κ3) is 2.99. The Hall–Kier alpha value is -0.710. The number of benzene rings is 1. The zero-order valence-electron chi connectivity index (χ0n) is 10.7. The standard InChI is InChI=1S/C14H16BrNOS/c1-8-4-5-11(12(15)6-8)13(17)7-14-16-9(2)10(3)18-14/h4-6,13,17H,7H2,1-3H3. The highest BCUT2D eigenvalue weighted by atomic mass is 79.9. The molecule has 2 rings (SSSR count). The first-order chi connectivity index (χ1) is 8.47. The van der Waals surface area contributed by atoms with Crippen molar-refractivity contribution < 1.29 is 5.11 Å². The van der Waals surface area contributed by atoms with Crippen LogP contribution in [-0.4, -0.2) is 10.1 Å². The summed E-state index contributed by atoms with van der Waals surface area (Å²) in [6.07, 6.45) is 0.0611. The fraction of sp³-hybridized carbons (Fsp3) is 0.357. The first-order valence-corrected chi connectivity index (χ1v) is 7.45. The van der Waals surface area contributed by atoms with E-state index in [-0.39, 0.29) is 0 Å². The van der Waals surface area contributed by atoms with Gasteiger partial charge >= 0.3 is 0 Å². The van der Waals surface area contributed by atoms with Gasteiger partial charge in [-0.3, -0.25) is 0 Å². The lowest BCUT2D eigenvalue weighted by Gasteiger charge is -2.12. The summed E-state index contributed by atoms with van der Waals surface area (Å²) >= 11 is 5.16. The van der Waals surface area contributed by atoms with Gasteiger partial charge in [-0.05, 0) is 38.0 Å². The average Bonchev–Trinajstić information content (AvgIpc) is 2.57. The van der Waals surface area contributed by atoms with Crippen LogP contribution in [0.5, 0.6) is 0 Å². The van der Waals surface area contributed by atoms with E-state index < -0.39 is 6.10 Å². The van der Waals surface area contributed by atoms with Crippen molar-refractivity contribution >= 4 is 27.3 Å². The second kappa shape index (κ2) is 5.51. The molecular formula is C14H16BrNOS. The summed E-state index contributed by atoms with van der Waals surface area (Å²) in [5.41, 5.74) is 3.16. The first kappa shape index (κ1) is 13.7. The van der Waals surface area contributed by atoms with E-state index in [0.29, 0.717) is 6.42 Å². The van der Waals surface area contributed by atoms with Crippen LogP contribution in [0.2, 0.25) is 0 Å². The van der Waals surface area contributed by atoms with Crippen LogP contribution in [0.25, 0.3) is 0 Å². The van der Waals surface area contributed by atoms with E-state index in [0.717, 1.165) is 20.7 Å². The van der Waals surface area contributed by atoms with Gasteiger partial charge in [-0.25, -0.2) is 4.98 Å². The lowest BCUT2D eigenvalue weighted by atomic mass is 10.1. The number of rotatable bonds is 3. The summed E-state index contributed by atoms with van der Waals surface area (Å²) in [7, 11) is 0. The maximum atomic E-state index is 10.3. The van der Waals surface area contributed by atoms with Crippen molar-refractivity contribution in [3.8, 4) is 0 Å². The summed E-state index contributed by atoms with van der Waals surface area (Å²) in [5.74, 6) is 0. The van der Waals surface area contributed by atoms with Gasteiger partial charge in [-0.2, -0.15) is 0 Å². The van der Waals surface area contributed by atoms with Crippen molar-refractivity contribution in [2.45, 2.75) is 33.3 Å². The van der Waals surface area contributed by atoms with Gasteiger partial charge in [0.2, 0.25) is 0 Å². The molecule has 1 aromatic heterocycles. The molecule has 0 radical (unpaired) electrons. The minimum atomic E-state index is -0.509. The topological polar surface area (TPSA) is 33.1 Å². The zero-order chi connectivity index (χ0) is 13.3. The van der Waals surface area contributed by atoms with Crippen molar-refractivity contribution in [1.29, 1.82) is 0 Å². The van der Waals surface area contributed by atoms with Crippen molar-refractivity contribution in [1.82, 2.24) is 4.98 Å². The third-order valence-corrected chi connectivity index (χ3v) is 4.74. The Labute approximate surface area is 120 Å². The predicted octanol–water partition coefficient (Wildman–Crippen LogP) is 4.11. The van der Waals surface area contributed by atoms with E-state index in [1.807, 2.05) is 32.0 Å². The third-order valence-electron chi connectivity index (χ3n) is 2.96. The molecule has 96 valence electrons. The number of hydrogen-bond acceptors (Lipinski definition) is 3. The number of aliphatic hydroxyl groups excluding tert-OH is 1. The molecule has 1 N–H and O–H groups in total. The fourth-order valence-corrected chi connectivity index (χ4v) is 3.53. The minimum Gasteiger partial charge on any atom is -0.388 e. The highest BCUT2D eigenvalue weighted by Gasteiger charge is 2.14. The Morgan fingerprint density at radius 2 is 2.06 bits per heavy atom. The summed E-state index contributed by atoms with van der Waals surface area (Å²) in [6, 6.07) is 6.01. The summed E-state index contributed by atoms with van der Waals surface area (Å²) in [6.45, 7) is 6.10. The molecule has 0 aliphatic carbocycles. The number of nitrogens with zero attached hydrogens (tertiary/aromatic N) is 1. The van der Waals surface area contributed by atoms with Crippen LogP contribution in [0.15, 0.2) is 22.7 Å². The second-order valence-corrected chi connectivity index (χ2v) is 6.64. The minimum absolute atomic E-state index is 0.509. The predicted molar refractivity (Wildman–Crippen MR) is 79.1 cm³/mol. The van der Waals surface area contributed by atoms with Gasteiger partial charge < -0.3 is 5.11 Å². The van der Waals surface area contributed by atoms with Crippen LogP contribution < -0.4 is 0 Å². The Bertz CT molecular complexity index is 545. The molecule has 2 aromatic rings. The Morgan fingerprint density at radius 1 is 1.33 bits per heavy atom. The van der Waals surface area contributed by atoms with Gasteiger partial charge in [0, 0.05) is 15.8 Å². The SMILES string of the molecule is Cc1ccc(C(O)Cc2nc(C)c(C)s2)c(Br)c1. The van der Waals surface area contributed by atoms with Crippen LogP contribution in [0.3, 0.4) is 0 Å². The molecule has 0 fully saturated rings. The Balaban J connectivity index is 2.19. The number of aryl methyl sites for hydroxylation is 3. The van der Waals surface area contributed by atoms with Gasteiger partial charge in [0.1, 0.15) is 0 Å². The Morgan fingerprint density at radius 3 is 2.61 bits per heavy atom. The lowest BCUT2D eigenvalue weighted by molar-refractivity contribution is 0.177. The lowest BCUT2D eigenvalue weighted by Crippen LogP contribution is -2.02. The van der Waals surface area contributed by atoms with E-state index >= 15 is 0 Å². The van der Waals surface area contributed by atoms with Gasteiger partial charge in [-0.15, -0.1) is 11.3 Å². The molecule has 0 spiro atoms. The molecule has 0 aliphatic heterocycles.